The van der Waals surface area contributed by atoms with Crippen LogP contribution in [0.4, 0.5) is 0 Å². The molecule has 13 heavy (non-hydrogen) atoms. The lowest BCUT2D eigenvalue weighted by Crippen LogP contribution is -1.84. The summed E-state index contributed by atoms with van der Waals surface area (Å²) in [6.07, 6.45) is 7.71. The average Bonchev–Trinajstić information content (AvgIpc) is 2.16. The normalized spacial score (nSPS) is 12.4. The first-order valence-corrected chi connectivity index (χ1v) is 4.57. The average molecular weight is 194 g/mol. The van der Waals surface area contributed by atoms with Crippen LogP contribution in [0.15, 0.2) is 36.6 Å². The van der Waals surface area contributed by atoms with Crippen LogP contribution in [0.25, 0.3) is 5.57 Å². The van der Waals surface area contributed by atoms with Crippen LogP contribution in [0.2, 0.25) is 5.15 Å². The van der Waals surface area contributed by atoms with Gasteiger partial charge in [0.15, 0.2) is 0 Å². The van der Waals surface area contributed by atoms with Crippen molar-refractivity contribution in [3.63, 3.8) is 0 Å². The fourth-order valence-corrected chi connectivity index (χ4v) is 1.35. The minimum absolute atomic E-state index is 0.550. The van der Waals surface area contributed by atoms with Crippen LogP contribution >= 0.6 is 11.6 Å². The number of aromatic nitrogens is 1. The van der Waals surface area contributed by atoms with Gasteiger partial charge in [0, 0.05) is 11.8 Å². The van der Waals surface area contributed by atoms with Crippen molar-refractivity contribution >= 4 is 17.2 Å². The zero-order valence-corrected chi connectivity index (χ0v) is 8.55. The Balaban J connectivity index is 3.13. The summed E-state index contributed by atoms with van der Waals surface area (Å²) in [5, 5.41) is 0.550. The number of nitrogens with zero attached hydrogens (tertiary/aromatic N) is 1. The first-order chi connectivity index (χ1) is 6.29. The van der Waals surface area contributed by atoms with E-state index in [1.807, 2.05) is 44.2 Å². The molecule has 1 aromatic heterocycles. The highest BCUT2D eigenvalue weighted by molar-refractivity contribution is 6.31. The number of rotatable bonds is 2. The summed E-state index contributed by atoms with van der Waals surface area (Å²) >= 11 is 5.95. The molecule has 1 nitrogen and oxygen atoms in total. The molecule has 0 radical (unpaired) electrons. The zero-order valence-electron chi connectivity index (χ0n) is 7.79. The summed E-state index contributed by atoms with van der Waals surface area (Å²) in [7, 11) is 0. The lowest BCUT2D eigenvalue weighted by molar-refractivity contribution is 1.31. The number of hydrogen-bond donors (Lipinski definition) is 0. The molecular formula is C11H12ClN. The summed E-state index contributed by atoms with van der Waals surface area (Å²) in [6, 6.07) is 3.85. The molecule has 0 amide bonds. The molecule has 0 saturated heterocycles. The van der Waals surface area contributed by atoms with Gasteiger partial charge in [-0.1, -0.05) is 29.8 Å². The third kappa shape index (κ3) is 2.43. The molecule has 1 aromatic rings. The van der Waals surface area contributed by atoms with Crippen molar-refractivity contribution in [3.8, 4) is 0 Å². The minimum Gasteiger partial charge on any atom is -0.244 e. The van der Waals surface area contributed by atoms with Gasteiger partial charge in [-0.2, -0.15) is 0 Å². The van der Waals surface area contributed by atoms with E-state index in [1.165, 1.54) is 0 Å². The van der Waals surface area contributed by atoms with Crippen molar-refractivity contribution < 1.29 is 0 Å². The lowest BCUT2D eigenvalue weighted by atomic mass is 10.1. The van der Waals surface area contributed by atoms with Crippen LogP contribution in [0.1, 0.15) is 19.4 Å². The maximum atomic E-state index is 5.95. The molecule has 1 heterocycles. The van der Waals surface area contributed by atoms with E-state index in [-0.39, 0.29) is 0 Å². The van der Waals surface area contributed by atoms with Crippen LogP contribution in [-0.4, -0.2) is 4.98 Å². The Morgan fingerprint density at radius 1 is 1.46 bits per heavy atom. The summed E-state index contributed by atoms with van der Waals surface area (Å²) in [4.78, 5) is 4.02. The van der Waals surface area contributed by atoms with Gasteiger partial charge in [0.2, 0.25) is 0 Å². The maximum Gasteiger partial charge on any atom is 0.136 e. The molecule has 0 spiro atoms. The van der Waals surface area contributed by atoms with Crippen molar-refractivity contribution in [2.24, 2.45) is 0 Å². The molecular weight excluding hydrogens is 182 g/mol. The second kappa shape index (κ2) is 4.83. The molecule has 0 unspecified atom stereocenters. The summed E-state index contributed by atoms with van der Waals surface area (Å²) < 4.78 is 0. The molecule has 68 valence electrons. The van der Waals surface area contributed by atoms with Crippen molar-refractivity contribution in [2.75, 3.05) is 0 Å². The zero-order chi connectivity index (χ0) is 9.68. The standard InChI is InChI=1S/C11H12ClN/c1-3-6-9(4-2)10-7-5-8-13-11(10)12/h3-8H,1-2H3/b6-3-,9-4+. The van der Waals surface area contributed by atoms with Crippen LogP contribution < -0.4 is 0 Å². The van der Waals surface area contributed by atoms with E-state index in [0.717, 1.165) is 11.1 Å². The molecule has 0 aliphatic heterocycles. The second-order valence-electron chi connectivity index (χ2n) is 2.59. The van der Waals surface area contributed by atoms with Gasteiger partial charge in [0.1, 0.15) is 5.15 Å². The topological polar surface area (TPSA) is 12.9 Å². The molecule has 0 aliphatic carbocycles. The highest BCUT2D eigenvalue weighted by atomic mass is 35.5. The van der Waals surface area contributed by atoms with Crippen LogP contribution in [0.3, 0.4) is 0 Å². The summed E-state index contributed by atoms with van der Waals surface area (Å²) in [5.74, 6) is 0. The molecule has 0 aliphatic rings. The van der Waals surface area contributed by atoms with E-state index >= 15 is 0 Å². The molecule has 0 bridgehead atoms. The molecule has 0 atom stereocenters. The fourth-order valence-electron chi connectivity index (χ4n) is 1.12. The molecule has 0 N–H and O–H groups in total. The van der Waals surface area contributed by atoms with Gasteiger partial charge in [-0.25, -0.2) is 4.98 Å². The Bertz CT molecular complexity index is 340. The van der Waals surface area contributed by atoms with Gasteiger partial charge in [-0.3, -0.25) is 0 Å². The highest BCUT2D eigenvalue weighted by Crippen LogP contribution is 2.22. The van der Waals surface area contributed by atoms with Gasteiger partial charge in [0.05, 0.1) is 0 Å². The molecule has 0 aromatic carbocycles. The SMILES string of the molecule is C/C=C\C(=C/C)c1cccnc1Cl. The first kappa shape index (κ1) is 10.0. The first-order valence-electron chi connectivity index (χ1n) is 4.19. The minimum atomic E-state index is 0.550. The third-order valence-corrected chi connectivity index (χ3v) is 2.03. The van der Waals surface area contributed by atoms with Crippen molar-refractivity contribution in [3.05, 3.63) is 47.3 Å². The number of allylic oxidation sites excluding steroid dienone is 4. The monoisotopic (exact) mass is 193 g/mol. The Labute approximate surface area is 83.8 Å². The predicted octanol–water partition coefficient (Wildman–Crippen LogP) is 3.71. The van der Waals surface area contributed by atoms with Crippen LogP contribution in [-0.2, 0) is 0 Å². The quantitative estimate of drug-likeness (QED) is 0.516. The Hall–Kier alpha value is -1.08. The number of hydrogen-bond acceptors (Lipinski definition) is 1. The van der Waals surface area contributed by atoms with Crippen LogP contribution in [0.5, 0.6) is 0 Å². The second-order valence-corrected chi connectivity index (χ2v) is 2.94. The molecule has 2 heteroatoms. The maximum absolute atomic E-state index is 5.95. The van der Waals surface area contributed by atoms with Gasteiger partial charge < -0.3 is 0 Å². The number of halogens is 1. The smallest absolute Gasteiger partial charge is 0.136 e. The molecule has 1 rings (SSSR count). The van der Waals surface area contributed by atoms with E-state index in [4.69, 9.17) is 11.6 Å². The van der Waals surface area contributed by atoms with E-state index in [2.05, 4.69) is 4.98 Å². The van der Waals surface area contributed by atoms with Crippen molar-refractivity contribution in [1.29, 1.82) is 0 Å². The Morgan fingerprint density at radius 3 is 2.77 bits per heavy atom. The summed E-state index contributed by atoms with van der Waals surface area (Å²) in [6.45, 7) is 3.96. The van der Waals surface area contributed by atoms with Crippen LogP contribution in [0, 0.1) is 0 Å². The lowest BCUT2D eigenvalue weighted by Gasteiger charge is -2.02. The van der Waals surface area contributed by atoms with Crippen molar-refractivity contribution in [2.45, 2.75) is 13.8 Å². The van der Waals surface area contributed by atoms with Gasteiger partial charge in [-0.05, 0) is 31.6 Å². The molecule has 0 saturated carbocycles. The Morgan fingerprint density at radius 2 is 2.23 bits per heavy atom. The van der Waals surface area contributed by atoms with E-state index in [0.29, 0.717) is 5.15 Å². The number of pyridine rings is 1. The largest absolute Gasteiger partial charge is 0.244 e. The Kier molecular flexibility index (Phi) is 3.71. The van der Waals surface area contributed by atoms with Gasteiger partial charge >= 0.3 is 0 Å². The predicted molar refractivity (Wildman–Crippen MR) is 57.7 cm³/mol. The highest BCUT2D eigenvalue weighted by Gasteiger charge is 2.01. The van der Waals surface area contributed by atoms with Gasteiger partial charge in [0.25, 0.3) is 0 Å². The van der Waals surface area contributed by atoms with Crippen molar-refractivity contribution in [1.82, 2.24) is 4.98 Å². The third-order valence-electron chi connectivity index (χ3n) is 1.73. The van der Waals surface area contributed by atoms with E-state index < -0.39 is 0 Å². The summed E-state index contributed by atoms with van der Waals surface area (Å²) in [5.41, 5.74) is 2.07. The van der Waals surface area contributed by atoms with E-state index in [9.17, 15) is 0 Å². The van der Waals surface area contributed by atoms with E-state index in [1.54, 1.807) is 6.20 Å². The fraction of sp³-hybridized carbons (Fsp3) is 0.182. The molecule has 0 fully saturated rings. The van der Waals surface area contributed by atoms with Gasteiger partial charge in [-0.15, -0.1) is 0 Å².